The summed E-state index contributed by atoms with van der Waals surface area (Å²) >= 11 is 13.2. The van der Waals surface area contributed by atoms with E-state index in [0.717, 1.165) is 29.9 Å². The molecule has 0 saturated carbocycles. The second-order valence-electron chi connectivity index (χ2n) is 5.84. The Kier molecular flexibility index (Phi) is 6.66. The second kappa shape index (κ2) is 9.17. The average Bonchev–Trinajstić information content (AvgIpc) is 3.06. The highest BCUT2D eigenvalue weighted by atomic mass is 35.5. The summed E-state index contributed by atoms with van der Waals surface area (Å²) in [7, 11) is 0. The molecular weight excluding hydrogens is 406 g/mol. The molecule has 0 aliphatic heterocycles. The minimum atomic E-state index is -0.220. The van der Waals surface area contributed by atoms with Crippen LogP contribution in [-0.2, 0) is 6.42 Å². The van der Waals surface area contributed by atoms with Crippen LogP contribution in [0, 0.1) is 5.82 Å². The van der Waals surface area contributed by atoms with E-state index < -0.39 is 0 Å². The van der Waals surface area contributed by atoms with Gasteiger partial charge in [-0.15, -0.1) is 0 Å². The van der Waals surface area contributed by atoms with E-state index >= 15 is 0 Å². The minimum Gasteiger partial charge on any atom is -0.388 e. The number of nitrogens with one attached hydrogen (secondary N) is 2. The molecule has 1 aromatic heterocycles. The third kappa shape index (κ3) is 5.92. The maximum Gasteiger partial charge on any atom is 0.207 e. The summed E-state index contributed by atoms with van der Waals surface area (Å²) in [5.41, 5.74) is 2.83. The molecule has 3 aromatic rings. The van der Waals surface area contributed by atoms with Crippen molar-refractivity contribution in [1.29, 1.82) is 0 Å². The molecule has 0 spiro atoms. The van der Waals surface area contributed by atoms with E-state index in [1.807, 2.05) is 19.1 Å². The molecule has 0 saturated heterocycles. The fourth-order valence-electron chi connectivity index (χ4n) is 2.34. The van der Waals surface area contributed by atoms with Gasteiger partial charge in [0.1, 0.15) is 5.82 Å². The Balaban J connectivity index is 1.53. The van der Waals surface area contributed by atoms with Crippen molar-refractivity contribution < 1.29 is 4.39 Å². The summed E-state index contributed by atoms with van der Waals surface area (Å²) in [5, 5.41) is 8.11. The normalized spacial score (nSPS) is 11.5. The van der Waals surface area contributed by atoms with Crippen LogP contribution >= 0.6 is 34.7 Å². The van der Waals surface area contributed by atoms with Crippen molar-refractivity contribution in [3.05, 3.63) is 75.4 Å². The zero-order valence-electron chi connectivity index (χ0n) is 14.5. The zero-order chi connectivity index (χ0) is 19.2. The highest BCUT2D eigenvalue weighted by Crippen LogP contribution is 2.27. The van der Waals surface area contributed by atoms with Gasteiger partial charge in [-0.2, -0.15) is 9.36 Å². The molecule has 8 heteroatoms. The van der Waals surface area contributed by atoms with Crippen LogP contribution in [0.2, 0.25) is 10.0 Å². The molecule has 0 aliphatic carbocycles. The molecular formula is C19H17Cl2FN4S. The van der Waals surface area contributed by atoms with Crippen LogP contribution in [0.5, 0.6) is 0 Å². The molecule has 2 N–H and O–H groups in total. The SMILES string of the molecule is CC(=Cc1nsc(Nc2ccc(Cl)c(Cl)c2)n1)NCCc1ccc(F)cc1. The topological polar surface area (TPSA) is 49.8 Å². The van der Waals surface area contributed by atoms with E-state index in [0.29, 0.717) is 21.0 Å². The Morgan fingerprint density at radius 3 is 2.67 bits per heavy atom. The largest absolute Gasteiger partial charge is 0.388 e. The molecule has 1 heterocycles. The van der Waals surface area contributed by atoms with Gasteiger partial charge >= 0.3 is 0 Å². The predicted molar refractivity (Wildman–Crippen MR) is 111 cm³/mol. The Hall–Kier alpha value is -2.15. The number of allylic oxidation sites excluding steroid dienone is 1. The quantitative estimate of drug-likeness (QED) is 0.495. The smallest absolute Gasteiger partial charge is 0.207 e. The number of rotatable bonds is 7. The molecule has 0 amide bonds. The minimum absolute atomic E-state index is 0.220. The van der Waals surface area contributed by atoms with Crippen molar-refractivity contribution in [3.8, 4) is 0 Å². The van der Waals surface area contributed by atoms with Gasteiger partial charge in [0.25, 0.3) is 0 Å². The fourth-order valence-corrected chi connectivity index (χ4v) is 3.21. The van der Waals surface area contributed by atoms with E-state index in [2.05, 4.69) is 20.0 Å². The first-order chi connectivity index (χ1) is 13.0. The number of hydrogen-bond donors (Lipinski definition) is 2. The van der Waals surface area contributed by atoms with Crippen molar-refractivity contribution in [2.75, 3.05) is 11.9 Å². The van der Waals surface area contributed by atoms with Gasteiger partial charge < -0.3 is 10.6 Å². The third-order valence-corrected chi connectivity index (χ3v) is 5.07. The van der Waals surface area contributed by atoms with Gasteiger partial charge in [-0.05, 0) is 49.2 Å². The molecule has 4 nitrogen and oxygen atoms in total. The average molecular weight is 423 g/mol. The Morgan fingerprint density at radius 2 is 1.93 bits per heavy atom. The molecule has 0 aliphatic rings. The monoisotopic (exact) mass is 422 g/mol. The van der Waals surface area contributed by atoms with E-state index in [9.17, 15) is 4.39 Å². The van der Waals surface area contributed by atoms with Crippen molar-refractivity contribution in [2.45, 2.75) is 13.3 Å². The lowest BCUT2D eigenvalue weighted by Crippen LogP contribution is -2.14. The molecule has 0 unspecified atom stereocenters. The Bertz CT molecular complexity index is 941. The maximum absolute atomic E-state index is 12.9. The zero-order valence-corrected chi connectivity index (χ0v) is 16.8. The number of anilines is 2. The summed E-state index contributed by atoms with van der Waals surface area (Å²) in [5.74, 6) is 0.400. The highest BCUT2D eigenvalue weighted by Gasteiger charge is 2.05. The number of hydrogen-bond acceptors (Lipinski definition) is 5. The molecule has 140 valence electrons. The summed E-state index contributed by atoms with van der Waals surface area (Å²) in [6, 6.07) is 11.8. The first kappa shape index (κ1) is 19.6. The van der Waals surface area contributed by atoms with E-state index in [-0.39, 0.29) is 5.82 Å². The standard InChI is InChI=1S/C19H17Cl2FN4S/c1-12(23-9-8-13-2-4-14(22)5-3-13)10-18-25-19(27-26-18)24-15-6-7-16(20)17(21)11-15/h2-7,10-11,23H,8-9H2,1H3,(H,24,25,26). The number of aromatic nitrogens is 2. The van der Waals surface area contributed by atoms with Crippen molar-refractivity contribution in [1.82, 2.24) is 14.7 Å². The van der Waals surface area contributed by atoms with Crippen molar-refractivity contribution in [3.63, 3.8) is 0 Å². The van der Waals surface area contributed by atoms with Gasteiger partial charge in [0.2, 0.25) is 5.13 Å². The number of halogens is 3. The Labute approximate surface area is 171 Å². The summed E-state index contributed by atoms with van der Waals surface area (Å²) in [6.45, 7) is 2.70. The van der Waals surface area contributed by atoms with E-state index in [1.165, 1.54) is 23.7 Å². The number of nitrogens with zero attached hydrogens (tertiary/aromatic N) is 2. The van der Waals surface area contributed by atoms with Gasteiger partial charge in [0, 0.05) is 35.5 Å². The first-order valence-corrected chi connectivity index (χ1v) is 9.75. The molecule has 0 bridgehead atoms. The molecule has 0 atom stereocenters. The van der Waals surface area contributed by atoms with Crippen LogP contribution in [0.15, 0.2) is 48.2 Å². The summed E-state index contributed by atoms with van der Waals surface area (Å²) < 4.78 is 17.2. The maximum atomic E-state index is 12.9. The lowest BCUT2D eigenvalue weighted by atomic mass is 10.1. The van der Waals surface area contributed by atoms with Crippen molar-refractivity contribution in [2.24, 2.45) is 0 Å². The lowest BCUT2D eigenvalue weighted by Gasteiger charge is -2.06. The van der Waals surface area contributed by atoms with Gasteiger partial charge in [-0.3, -0.25) is 0 Å². The van der Waals surface area contributed by atoms with Crippen molar-refractivity contribution >= 4 is 51.6 Å². The fraction of sp³-hybridized carbons (Fsp3) is 0.158. The highest BCUT2D eigenvalue weighted by molar-refractivity contribution is 7.09. The van der Waals surface area contributed by atoms with Gasteiger partial charge in [0.05, 0.1) is 10.0 Å². The van der Waals surface area contributed by atoms with Crippen LogP contribution in [0.3, 0.4) is 0 Å². The first-order valence-electron chi connectivity index (χ1n) is 8.22. The molecule has 2 aromatic carbocycles. The van der Waals surface area contributed by atoms with Crippen LogP contribution in [0.1, 0.15) is 18.3 Å². The molecule has 27 heavy (non-hydrogen) atoms. The summed E-state index contributed by atoms with van der Waals surface area (Å²) in [6.07, 6.45) is 2.68. The lowest BCUT2D eigenvalue weighted by molar-refractivity contribution is 0.626. The second-order valence-corrected chi connectivity index (χ2v) is 7.41. The van der Waals surface area contributed by atoms with Gasteiger partial charge in [-0.1, -0.05) is 35.3 Å². The third-order valence-electron chi connectivity index (χ3n) is 3.69. The van der Waals surface area contributed by atoms with E-state index in [4.69, 9.17) is 23.2 Å². The van der Waals surface area contributed by atoms with Crippen LogP contribution in [0.4, 0.5) is 15.2 Å². The van der Waals surface area contributed by atoms with Crippen LogP contribution in [-0.4, -0.2) is 15.9 Å². The Morgan fingerprint density at radius 1 is 1.15 bits per heavy atom. The van der Waals surface area contributed by atoms with Crippen LogP contribution < -0.4 is 10.6 Å². The summed E-state index contributed by atoms with van der Waals surface area (Å²) in [4.78, 5) is 4.44. The van der Waals surface area contributed by atoms with E-state index in [1.54, 1.807) is 24.3 Å². The molecule has 0 fully saturated rings. The van der Waals surface area contributed by atoms with Crippen LogP contribution in [0.25, 0.3) is 6.08 Å². The van der Waals surface area contributed by atoms with Gasteiger partial charge in [0.15, 0.2) is 5.82 Å². The molecule has 0 radical (unpaired) electrons. The predicted octanol–water partition coefficient (Wildman–Crippen LogP) is 5.92. The number of benzene rings is 2. The molecule has 3 rings (SSSR count). The van der Waals surface area contributed by atoms with Gasteiger partial charge in [-0.25, -0.2) is 4.39 Å².